The number of likely N-dealkylation sites (N-methyl/N-ethyl adjacent to an activating group) is 1. The second-order valence-electron chi connectivity index (χ2n) is 8.00. The highest BCUT2D eigenvalue weighted by atomic mass is 16.5. The number of benzene rings is 1. The van der Waals surface area contributed by atoms with Crippen LogP contribution in [-0.2, 0) is 4.74 Å². The van der Waals surface area contributed by atoms with Crippen LogP contribution < -0.4 is 15.8 Å². The number of aliphatic hydroxyl groups is 1. The van der Waals surface area contributed by atoms with Gasteiger partial charge in [-0.3, -0.25) is 0 Å². The zero-order valence-electron chi connectivity index (χ0n) is 21.0. The van der Waals surface area contributed by atoms with Gasteiger partial charge in [-0.25, -0.2) is 9.97 Å². The predicted molar refractivity (Wildman–Crippen MR) is 134 cm³/mol. The average molecular weight is 472 g/mol. The van der Waals surface area contributed by atoms with Crippen molar-refractivity contribution < 1.29 is 19.1 Å². The number of hydrogen-bond donors (Lipinski definition) is 3. The molecule has 1 aromatic carbocycles. The van der Waals surface area contributed by atoms with Crippen LogP contribution in [-0.4, -0.2) is 60.3 Å². The Balaban J connectivity index is 0.000000604. The molecule has 3 aromatic rings. The maximum atomic E-state index is 9.81. The van der Waals surface area contributed by atoms with Gasteiger partial charge in [-0.2, -0.15) is 0 Å². The van der Waals surface area contributed by atoms with E-state index in [-0.39, 0.29) is 6.61 Å². The van der Waals surface area contributed by atoms with Gasteiger partial charge < -0.3 is 30.2 Å². The molecule has 9 heteroatoms. The minimum atomic E-state index is -0.592. The van der Waals surface area contributed by atoms with Crippen molar-refractivity contribution in [3.8, 4) is 28.4 Å². The Kier molecular flexibility index (Phi) is 10.9. The molecule has 3 rings (SSSR count). The first-order valence-corrected chi connectivity index (χ1v) is 11.4. The third kappa shape index (κ3) is 7.51. The maximum absolute atomic E-state index is 9.81. The summed E-state index contributed by atoms with van der Waals surface area (Å²) in [7, 11) is 3.51. The lowest BCUT2D eigenvalue weighted by Gasteiger charge is -2.13. The van der Waals surface area contributed by atoms with Crippen LogP contribution in [0.3, 0.4) is 0 Å². The van der Waals surface area contributed by atoms with Gasteiger partial charge in [-0.1, -0.05) is 30.6 Å². The molecule has 1 unspecified atom stereocenters. The number of unbranched alkanes of at least 4 members (excludes halogenated alkanes) is 1. The van der Waals surface area contributed by atoms with Crippen LogP contribution in [0.25, 0.3) is 22.6 Å². The van der Waals surface area contributed by atoms with Gasteiger partial charge in [0, 0.05) is 31.4 Å². The zero-order valence-corrected chi connectivity index (χ0v) is 21.0. The standard InChI is InChI=1S/C20H25N5O3.C5H12O/c1-11-18(17-12(2)25-28-13(17)3)23-20(24-19(11)21)14-6-5-7-16(8-14)27-10-15(26)9-22-4;1-3-4-5-6-2/h5-8,15,22,26H,9-10H2,1-4H3,(H2,21,23,24);3-5H2,1-2H3. The second kappa shape index (κ2) is 13.6. The summed E-state index contributed by atoms with van der Waals surface area (Å²) in [5.41, 5.74) is 9.99. The molecule has 0 radical (unpaired) electrons. The van der Waals surface area contributed by atoms with E-state index in [0.29, 0.717) is 35.4 Å². The van der Waals surface area contributed by atoms with Gasteiger partial charge in [0.15, 0.2) is 5.82 Å². The monoisotopic (exact) mass is 471 g/mol. The van der Waals surface area contributed by atoms with Gasteiger partial charge in [0.25, 0.3) is 0 Å². The molecule has 2 heterocycles. The van der Waals surface area contributed by atoms with Crippen molar-refractivity contribution in [2.45, 2.75) is 46.6 Å². The number of ether oxygens (including phenoxy) is 2. The predicted octanol–water partition coefficient (Wildman–Crippen LogP) is 3.70. The van der Waals surface area contributed by atoms with Crippen molar-refractivity contribution in [3.63, 3.8) is 0 Å². The molecule has 9 nitrogen and oxygen atoms in total. The van der Waals surface area contributed by atoms with Gasteiger partial charge in [-0.05, 0) is 46.4 Å². The third-order valence-corrected chi connectivity index (χ3v) is 5.13. The number of aryl methyl sites for hydroxylation is 2. The fourth-order valence-electron chi connectivity index (χ4n) is 3.23. The number of hydrogen-bond acceptors (Lipinski definition) is 9. The van der Waals surface area contributed by atoms with Crippen molar-refractivity contribution in [1.29, 1.82) is 0 Å². The number of nitrogen functional groups attached to an aromatic ring is 1. The molecule has 34 heavy (non-hydrogen) atoms. The van der Waals surface area contributed by atoms with E-state index in [4.69, 9.17) is 24.7 Å². The zero-order chi connectivity index (χ0) is 25.1. The summed E-state index contributed by atoms with van der Waals surface area (Å²) in [5, 5.41) is 16.7. The molecular formula is C25H37N5O4. The molecule has 4 N–H and O–H groups in total. The molecule has 0 bridgehead atoms. The van der Waals surface area contributed by atoms with E-state index in [1.807, 2.05) is 45.0 Å². The molecule has 0 amide bonds. The van der Waals surface area contributed by atoms with Crippen LogP contribution in [0.1, 0.15) is 36.8 Å². The third-order valence-electron chi connectivity index (χ3n) is 5.13. The molecule has 0 aliphatic carbocycles. The molecule has 0 aliphatic rings. The lowest BCUT2D eigenvalue weighted by Crippen LogP contribution is -2.29. The lowest BCUT2D eigenvalue weighted by molar-refractivity contribution is 0.108. The van der Waals surface area contributed by atoms with Crippen LogP contribution in [0.15, 0.2) is 28.8 Å². The number of methoxy groups -OCH3 is 1. The highest BCUT2D eigenvalue weighted by Crippen LogP contribution is 2.32. The van der Waals surface area contributed by atoms with Crippen LogP contribution in [0.2, 0.25) is 0 Å². The minimum absolute atomic E-state index is 0.186. The summed E-state index contributed by atoms with van der Waals surface area (Å²) >= 11 is 0. The van der Waals surface area contributed by atoms with E-state index >= 15 is 0 Å². The van der Waals surface area contributed by atoms with Crippen molar-refractivity contribution >= 4 is 5.82 Å². The number of nitrogens with two attached hydrogens (primary N) is 1. The highest BCUT2D eigenvalue weighted by Gasteiger charge is 2.19. The Morgan fingerprint density at radius 1 is 1.21 bits per heavy atom. The Labute approximate surface area is 201 Å². The van der Waals surface area contributed by atoms with Crippen molar-refractivity contribution in [2.24, 2.45) is 0 Å². The molecule has 0 saturated heterocycles. The van der Waals surface area contributed by atoms with E-state index in [9.17, 15) is 5.11 Å². The smallest absolute Gasteiger partial charge is 0.162 e. The van der Waals surface area contributed by atoms with Crippen LogP contribution in [0.5, 0.6) is 5.75 Å². The summed E-state index contributed by atoms with van der Waals surface area (Å²) in [5.74, 6) is 2.18. The van der Waals surface area contributed by atoms with Gasteiger partial charge >= 0.3 is 0 Å². The van der Waals surface area contributed by atoms with Gasteiger partial charge in [-0.15, -0.1) is 0 Å². The summed E-state index contributed by atoms with van der Waals surface area (Å²) < 4.78 is 15.7. The quantitative estimate of drug-likeness (QED) is 0.379. The Morgan fingerprint density at radius 3 is 2.56 bits per heavy atom. The molecule has 0 saturated carbocycles. The Hall–Kier alpha value is -3.01. The minimum Gasteiger partial charge on any atom is -0.491 e. The number of rotatable bonds is 10. The summed E-state index contributed by atoms with van der Waals surface area (Å²) in [6, 6.07) is 7.39. The molecule has 0 aliphatic heterocycles. The maximum Gasteiger partial charge on any atom is 0.162 e. The van der Waals surface area contributed by atoms with E-state index in [1.165, 1.54) is 12.8 Å². The normalized spacial score (nSPS) is 11.6. The second-order valence-corrected chi connectivity index (χ2v) is 8.00. The van der Waals surface area contributed by atoms with Crippen LogP contribution in [0.4, 0.5) is 5.82 Å². The van der Waals surface area contributed by atoms with Crippen LogP contribution >= 0.6 is 0 Å². The topological polar surface area (TPSA) is 129 Å². The van der Waals surface area contributed by atoms with Crippen molar-refractivity contribution in [1.82, 2.24) is 20.4 Å². The summed E-state index contributed by atoms with van der Waals surface area (Å²) in [4.78, 5) is 9.17. The summed E-state index contributed by atoms with van der Waals surface area (Å²) in [6.45, 7) is 9.30. The molecular weight excluding hydrogens is 434 g/mol. The number of nitrogens with zero attached hydrogens (tertiary/aromatic N) is 3. The van der Waals surface area contributed by atoms with Crippen molar-refractivity contribution in [3.05, 3.63) is 41.3 Å². The fourth-order valence-corrected chi connectivity index (χ4v) is 3.23. The van der Waals surface area contributed by atoms with Crippen LogP contribution in [0, 0.1) is 20.8 Å². The lowest BCUT2D eigenvalue weighted by atomic mass is 10.1. The molecule has 186 valence electrons. The Bertz CT molecular complexity index is 1010. The number of anilines is 1. The SMILES string of the molecule is CCCCOC.CNCC(O)COc1cccc(-c2nc(N)c(C)c(-c3c(C)noc3C)n2)c1. The van der Waals surface area contributed by atoms with Gasteiger partial charge in [0.1, 0.15) is 30.0 Å². The Morgan fingerprint density at radius 2 is 1.97 bits per heavy atom. The average Bonchev–Trinajstić information content (AvgIpc) is 3.16. The van der Waals surface area contributed by atoms with E-state index < -0.39 is 6.10 Å². The first kappa shape index (κ1) is 27.2. The number of aromatic nitrogens is 3. The molecule has 0 spiro atoms. The number of aliphatic hydroxyl groups excluding tert-OH is 1. The van der Waals surface area contributed by atoms with Crippen molar-refractivity contribution in [2.75, 3.05) is 39.6 Å². The first-order valence-electron chi connectivity index (χ1n) is 11.4. The summed E-state index contributed by atoms with van der Waals surface area (Å²) in [6.07, 6.45) is 1.83. The van der Waals surface area contributed by atoms with E-state index in [0.717, 1.165) is 29.0 Å². The van der Waals surface area contributed by atoms with Gasteiger partial charge in [0.05, 0.1) is 17.0 Å². The largest absolute Gasteiger partial charge is 0.491 e. The van der Waals surface area contributed by atoms with Gasteiger partial charge in [0.2, 0.25) is 0 Å². The molecule has 1 atom stereocenters. The molecule has 2 aromatic heterocycles. The highest BCUT2D eigenvalue weighted by molar-refractivity contribution is 5.73. The van der Waals surface area contributed by atoms with E-state index in [2.05, 4.69) is 22.4 Å². The first-order chi connectivity index (χ1) is 16.3. The fraction of sp³-hybridized carbons (Fsp3) is 0.480. The number of nitrogens with one attached hydrogen (secondary N) is 1. The van der Waals surface area contributed by atoms with E-state index in [1.54, 1.807) is 14.2 Å². The molecule has 0 fully saturated rings.